The highest BCUT2D eigenvalue weighted by atomic mass is 16.5. The molecule has 1 aromatic rings. The van der Waals surface area contributed by atoms with E-state index in [0.29, 0.717) is 12.2 Å². The third-order valence-electron chi connectivity index (χ3n) is 4.47. The monoisotopic (exact) mass is 275 g/mol. The lowest BCUT2D eigenvalue weighted by molar-refractivity contribution is 0.0302. The number of rotatable bonds is 4. The predicted octanol–water partition coefficient (Wildman–Crippen LogP) is 2.04. The molecule has 2 N–H and O–H groups in total. The van der Waals surface area contributed by atoms with Crippen molar-refractivity contribution in [2.75, 3.05) is 18.0 Å². The summed E-state index contributed by atoms with van der Waals surface area (Å²) in [6.45, 7) is 6.25. The zero-order valence-electron chi connectivity index (χ0n) is 12.5. The standard InChI is InChI=1S/C16H25N3O/c1-3-13(17)7-12-6-11(2)16(18-8-12)19-9-14-4-5-15(10-19)20-14/h6,8,13-15H,3-5,7,9-10,17H2,1-2H3. The van der Waals surface area contributed by atoms with Gasteiger partial charge in [0, 0.05) is 25.3 Å². The second kappa shape index (κ2) is 5.70. The van der Waals surface area contributed by atoms with Gasteiger partial charge in [0.2, 0.25) is 0 Å². The molecule has 20 heavy (non-hydrogen) atoms. The summed E-state index contributed by atoms with van der Waals surface area (Å²) in [5.41, 5.74) is 8.53. The van der Waals surface area contributed by atoms with Gasteiger partial charge in [-0.2, -0.15) is 0 Å². The van der Waals surface area contributed by atoms with Gasteiger partial charge in [0.25, 0.3) is 0 Å². The lowest BCUT2D eigenvalue weighted by Gasteiger charge is -2.34. The molecule has 3 rings (SSSR count). The van der Waals surface area contributed by atoms with E-state index in [1.807, 2.05) is 6.20 Å². The highest BCUT2D eigenvalue weighted by Crippen LogP contribution is 2.30. The molecule has 0 spiro atoms. The molecule has 3 heterocycles. The average molecular weight is 275 g/mol. The minimum atomic E-state index is 0.237. The summed E-state index contributed by atoms with van der Waals surface area (Å²) in [4.78, 5) is 7.09. The Labute approximate surface area is 121 Å². The van der Waals surface area contributed by atoms with Gasteiger partial charge in [-0.25, -0.2) is 4.98 Å². The number of nitrogens with two attached hydrogens (primary N) is 1. The van der Waals surface area contributed by atoms with Crippen molar-refractivity contribution in [2.24, 2.45) is 5.73 Å². The van der Waals surface area contributed by atoms with Crippen LogP contribution in [0, 0.1) is 6.92 Å². The van der Waals surface area contributed by atoms with Gasteiger partial charge in [0.15, 0.2) is 0 Å². The van der Waals surface area contributed by atoms with Crippen molar-refractivity contribution in [1.29, 1.82) is 0 Å². The van der Waals surface area contributed by atoms with Gasteiger partial charge in [-0.3, -0.25) is 0 Å². The molecule has 0 radical (unpaired) electrons. The highest BCUT2D eigenvalue weighted by molar-refractivity contribution is 5.48. The van der Waals surface area contributed by atoms with Crippen LogP contribution in [0.1, 0.15) is 37.3 Å². The molecular formula is C16H25N3O. The highest BCUT2D eigenvalue weighted by Gasteiger charge is 2.34. The quantitative estimate of drug-likeness (QED) is 0.913. The van der Waals surface area contributed by atoms with Gasteiger partial charge < -0.3 is 15.4 Å². The molecule has 2 saturated heterocycles. The van der Waals surface area contributed by atoms with Crippen molar-refractivity contribution >= 4 is 5.82 Å². The number of fused-ring (bicyclic) bond motifs is 2. The number of ether oxygens (including phenoxy) is 1. The summed E-state index contributed by atoms with van der Waals surface area (Å²) >= 11 is 0. The first-order valence-corrected chi connectivity index (χ1v) is 7.77. The average Bonchev–Trinajstić information content (AvgIpc) is 2.77. The van der Waals surface area contributed by atoms with Crippen molar-refractivity contribution in [3.8, 4) is 0 Å². The first-order chi connectivity index (χ1) is 9.65. The summed E-state index contributed by atoms with van der Waals surface area (Å²) in [6, 6.07) is 2.48. The lowest BCUT2D eigenvalue weighted by Crippen LogP contribution is -2.43. The Hall–Kier alpha value is -1.13. The van der Waals surface area contributed by atoms with Crippen molar-refractivity contribution in [1.82, 2.24) is 4.98 Å². The van der Waals surface area contributed by atoms with Crippen LogP contribution in [0.15, 0.2) is 12.3 Å². The third kappa shape index (κ3) is 2.81. The van der Waals surface area contributed by atoms with E-state index < -0.39 is 0 Å². The lowest BCUT2D eigenvalue weighted by atomic mass is 10.0. The normalized spacial score (nSPS) is 26.9. The van der Waals surface area contributed by atoms with Crippen LogP contribution in [-0.4, -0.2) is 36.3 Å². The molecule has 4 heteroatoms. The Bertz CT molecular complexity index is 465. The van der Waals surface area contributed by atoms with Crippen molar-refractivity contribution in [3.05, 3.63) is 23.4 Å². The number of hydrogen-bond acceptors (Lipinski definition) is 4. The Morgan fingerprint density at radius 3 is 2.70 bits per heavy atom. The van der Waals surface area contributed by atoms with Crippen molar-refractivity contribution in [2.45, 2.75) is 57.8 Å². The maximum absolute atomic E-state index is 6.03. The Morgan fingerprint density at radius 2 is 2.10 bits per heavy atom. The molecule has 110 valence electrons. The summed E-state index contributed by atoms with van der Waals surface area (Å²) < 4.78 is 5.89. The van der Waals surface area contributed by atoms with E-state index in [1.165, 1.54) is 24.0 Å². The maximum Gasteiger partial charge on any atom is 0.131 e. The van der Waals surface area contributed by atoms with Crippen LogP contribution >= 0.6 is 0 Å². The number of anilines is 1. The predicted molar refractivity (Wildman–Crippen MR) is 81.1 cm³/mol. The molecule has 0 amide bonds. The Balaban J connectivity index is 1.74. The van der Waals surface area contributed by atoms with E-state index in [2.05, 4.69) is 24.8 Å². The molecule has 0 aromatic carbocycles. The molecule has 2 bridgehead atoms. The number of aromatic nitrogens is 1. The fourth-order valence-corrected chi connectivity index (χ4v) is 3.30. The van der Waals surface area contributed by atoms with Crippen molar-refractivity contribution in [3.63, 3.8) is 0 Å². The summed E-state index contributed by atoms with van der Waals surface area (Å²) in [5, 5.41) is 0. The fraction of sp³-hybridized carbons (Fsp3) is 0.688. The number of morpholine rings is 1. The van der Waals surface area contributed by atoms with Crippen molar-refractivity contribution < 1.29 is 4.74 Å². The summed E-state index contributed by atoms with van der Waals surface area (Å²) in [6.07, 6.45) is 7.13. The van der Waals surface area contributed by atoms with Crippen LogP contribution in [0.4, 0.5) is 5.82 Å². The molecule has 2 aliphatic heterocycles. The van der Waals surface area contributed by atoms with Gasteiger partial charge in [0.1, 0.15) is 5.82 Å². The van der Waals surface area contributed by atoms with Crippen LogP contribution < -0.4 is 10.6 Å². The minimum Gasteiger partial charge on any atom is -0.371 e. The topological polar surface area (TPSA) is 51.4 Å². The second-order valence-electron chi connectivity index (χ2n) is 6.22. The van der Waals surface area contributed by atoms with Gasteiger partial charge >= 0.3 is 0 Å². The molecule has 2 aliphatic rings. The Morgan fingerprint density at radius 1 is 1.40 bits per heavy atom. The van der Waals surface area contributed by atoms with E-state index in [9.17, 15) is 0 Å². The molecule has 1 aromatic heterocycles. The number of pyridine rings is 1. The van der Waals surface area contributed by atoms with Crippen LogP contribution in [0.5, 0.6) is 0 Å². The van der Waals surface area contributed by atoms with Gasteiger partial charge in [0.05, 0.1) is 12.2 Å². The number of hydrogen-bond donors (Lipinski definition) is 1. The van der Waals surface area contributed by atoms with E-state index in [-0.39, 0.29) is 6.04 Å². The van der Waals surface area contributed by atoms with E-state index in [0.717, 1.165) is 31.7 Å². The molecule has 4 nitrogen and oxygen atoms in total. The SMILES string of the molecule is CCC(N)Cc1cnc(N2CC3CCC(C2)O3)c(C)c1. The first-order valence-electron chi connectivity index (χ1n) is 7.77. The molecular weight excluding hydrogens is 250 g/mol. The first kappa shape index (κ1) is 13.8. The smallest absolute Gasteiger partial charge is 0.131 e. The van der Waals surface area contributed by atoms with Gasteiger partial charge in [-0.1, -0.05) is 13.0 Å². The molecule has 2 fully saturated rings. The minimum absolute atomic E-state index is 0.237. The zero-order valence-corrected chi connectivity index (χ0v) is 12.5. The summed E-state index contributed by atoms with van der Waals surface area (Å²) in [7, 11) is 0. The second-order valence-corrected chi connectivity index (χ2v) is 6.22. The van der Waals surface area contributed by atoms with Crippen LogP contribution in [0.25, 0.3) is 0 Å². The molecule has 3 atom stereocenters. The molecule has 0 saturated carbocycles. The fourth-order valence-electron chi connectivity index (χ4n) is 3.30. The van der Waals surface area contributed by atoms with Crippen LogP contribution in [-0.2, 0) is 11.2 Å². The zero-order chi connectivity index (χ0) is 14.1. The van der Waals surface area contributed by atoms with E-state index in [4.69, 9.17) is 15.5 Å². The van der Waals surface area contributed by atoms with E-state index >= 15 is 0 Å². The molecule has 0 aliphatic carbocycles. The van der Waals surface area contributed by atoms with Gasteiger partial charge in [-0.15, -0.1) is 0 Å². The number of nitrogens with zero attached hydrogens (tertiary/aromatic N) is 2. The maximum atomic E-state index is 6.03. The largest absolute Gasteiger partial charge is 0.371 e. The molecule has 3 unspecified atom stereocenters. The van der Waals surface area contributed by atoms with Gasteiger partial charge in [-0.05, 0) is 43.7 Å². The Kier molecular flexibility index (Phi) is 3.94. The third-order valence-corrected chi connectivity index (χ3v) is 4.47. The summed E-state index contributed by atoms with van der Waals surface area (Å²) in [5.74, 6) is 1.12. The van der Waals surface area contributed by atoms with Crippen LogP contribution in [0.2, 0.25) is 0 Å². The van der Waals surface area contributed by atoms with E-state index in [1.54, 1.807) is 0 Å². The van der Waals surface area contributed by atoms with Crippen LogP contribution in [0.3, 0.4) is 0 Å². The number of aryl methyl sites for hydroxylation is 1.